The second-order valence-corrected chi connectivity index (χ2v) is 5.85. The molecule has 1 unspecified atom stereocenters. The molecule has 1 aliphatic heterocycles. The van der Waals surface area contributed by atoms with Crippen LogP contribution >= 0.6 is 0 Å². The number of piperidine rings is 1. The maximum atomic E-state index is 6.15. The molecule has 106 valence electrons. The number of likely N-dealkylation sites (N-methyl/N-ethyl adjacent to an activating group) is 1. The zero-order chi connectivity index (χ0) is 14.1. The van der Waals surface area contributed by atoms with Crippen LogP contribution in [-0.2, 0) is 0 Å². The highest BCUT2D eigenvalue weighted by Crippen LogP contribution is 2.30. The molecule has 0 aliphatic carbocycles. The highest BCUT2D eigenvalue weighted by molar-refractivity contribution is 5.97. The number of nitrogen functional groups attached to an aromatic ring is 1. The van der Waals surface area contributed by atoms with Crippen LogP contribution in [0.1, 0.15) is 18.4 Å². The van der Waals surface area contributed by atoms with E-state index in [0.29, 0.717) is 6.04 Å². The summed E-state index contributed by atoms with van der Waals surface area (Å²) in [6.07, 6.45) is 4.18. The number of aryl methyl sites for hydroxylation is 1. The Labute approximate surface area is 120 Å². The van der Waals surface area contributed by atoms with Gasteiger partial charge in [-0.05, 0) is 45.5 Å². The number of aromatic nitrogens is 1. The summed E-state index contributed by atoms with van der Waals surface area (Å²) in [4.78, 5) is 6.78. The fourth-order valence-electron chi connectivity index (χ4n) is 2.97. The molecule has 0 radical (unpaired) electrons. The van der Waals surface area contributed by atoms with Crippen LogP contribution in [0.3, 0.4) is 0 Å². The molecule has 1 aliphatic rings. The van der Waals surface area contributed by atoms with Crippen LogP contribution in [0.5, 0.6) is 0 Å². The molecule has 0 amide bonds. The Morgan fingerprint density at radius 1 is 1.40 bits per heavy atom. The zero-order valence-electron chi connectivity index (χ0n) is 12.2. The summed E-state index contributed by atoms with van der Waals surface area (Å²) in [7, 11) is 2.17. The molecule has 0 spiro atoms. The molecular formula is C16H22N4. The van der Waals surface area contributed by atoms with Crippen molar-refractivity contribution in [3.8, 4) is 0 Å². The third kappa shape index (κ3) is 2.56. The lowest BCUT2D eigenvalue weighted by molar-refractivity contribution is 0.261. The fourth-order valence-corrected chi connectivity index (χ4v) is 2.97. The van der Waals surface area contributed by atoms with Crippen molar-refractivity contribution in [2.24, 2.45) is 0 Å². The molecule has 3 N–H and O–H groups in total. The van der Waals surface area contributed by atoms with E-state index in [9.17, 15) is 0 Å². The van der Waals surface area contributed by atoms with Crippen LogP contribution in [0.4, 0.5) is 11.4 Å². The molecule has 3 rings (SSSR count). The maximum absolute atomic E-state index is 6.15. The van der Waals surface area contributed by atoms with Crippen LogP contribution in [-0.4, -0.2) is 36.1 Å². The summed E-state index contributed by atoms with van der Waals surface area (Å²) < 4.78 is 0. The molecule has 4 nitrogen and oxygen atoms in total. The Morgan fingerprint density at radius 2 is 2.25 bits per heavy atom. The first kappa shape index (κ1) is 13.2. The topological polar surface area (TPSA) is 54.2 Å². The minimum Gasteiger partial charge on any atom is -0.396 e. The molecule has 1 aromatic carbocycles. The average molecular weight is 270 g/mol. The van der Waals surface area contributed by atoms with Crippen molar-refractivity contribution in [3.63, 3.8) is 0 Å². The van der Waals surface area contributed by atoms with Gasteiger partial charge < -0.3 is 16.0 Å². The number of likely N-dealkylation sites (tertiary alicyclic amines) is 1. The van der Waals surface area contributed by atoms with Gasteiger partial charge in [0.15, 0.2) is 0 Å². The number of benzene rings is 1. The number of rotatable bonds is 2. The third-order valence-electron chi connectivity index (χ3n) is 4.03. The number of fused-ring (bicyclic) bond motifs is 1. The van der Waals surface area contributed by atoms with E-state index < -0.39 is 0 Å². The Balaban J connectivity index is 1.97. The fraction of sp³-hybridized carbons (Fsp3) is 0.438. The van der Waals surface area contributed by atoms with Crippen molar-refractivity contribution < 1.29 is 0 Å². The summed E-state index contributed by atoms with van der Waals surface area (Å²) in [6, 6.07) is 6.77. The molecule has 0 bridgehead atoms. The SMILES string of the molecule is Cc1ccc2ncc(N)c(NC3CCCN(C)C3)c2c1. The van der Waals surface area contributed by atoms with Gasteiger partial charge in [0.05, 0.1) is 23.1 Å². The van der Waals surface area contributed by atoms with E-state index in [1.165, 1.54) is 24.9 Å². The lowest BCUT2D eigenvalue weighted by Crippen LogP contribution is -2.39. The van der Waals surface area contributed by atoms with Gasteiger partial charge in [-0.25, -0.2) is 0 Å². The minimum absolute atomic E-state index is 0.460. The predicted molar refractivity (Wildman–Crippen MR) is 85.0 cm³/mol. The third-order valence-corrected chi connectivity index (χ3v) is 4.03. The molecule has 1 fully saturated rings. The summed E-state index contributed by atoms with van der Waals surface area (Å²) in [5.74, 6) is 0. The molecule has 1 aromatic heterocycles. The molecule has 2 heterocycles. The summed E-state index contributed by atoms with van der Waals surface area (Å²) >= 11 is 0. The highest BCUT2D eigenvalue weighted by atomic mass is 15.1. The van der Waals surface area contributed by atoms with E-state index in [1.54, 1.807) is 6.20 Å². The van der Waals surface area contributed by atoms with Crippen LogP contribution < -0.4 is 11.1 Å². The normalized spacial score (nSPS) is 20.2. The van der Waals surface area contributed by atoms with Gasteiger partial charge in [0, 0.05) is 18.0 Å². The maximum Gasteiger partial charge on any atom is 0.0743 e. The molecule has 1 saturated heterocycles. The van der Waals surface area contributed by atoms with Crippen LogP contribution in [0.2, 0.25) is 0 Å². The van der Waals surface area contributed by atoms with E-state index in [2.05, 4.69) is 47.4 Å². The van der Waals surface area contributed by atoms with E-state index >= 15 is 0 Å². The first-order valence-electron chi connectivity index (χ1n) is 7.23. The first-order chi connectivity index (χ1) is 9.63. The second kappa shape index (κ2) is 5.29. The summed E-state index contributed by atoms with van der Waals surface area (Å²) in [6.45, 7) is 4.35. The Morgan fingerprint density at radius 3 is 3.05 bits per heavy atom. The molecular weight excluding hydrogens is 248 g/mol. The molecule has 2 aromatic rings. The number of nitrogens with zero attached hydrogens (tertiary/aromatic N) is 2. The Bertz CT molecular complexity index is 618. The smallest absolute Gasteiger partial charge is 0.0743 e. The largest absolute Gasteiger partial charge is 0.396 e. The quantitative estimate of drug-likeness (QED) is 0.881. The molecule has 0 saturated carbocycles. The number of pyridine rings is 1. The predicted octanol–water partition coefficient (Wildman–Crippen LogP) is 2.63. The lowest BCUT2D eigenvalue weighted by atomic mass is 10.0. The van der Waals surface area contributed by atoms with Crippen molar-refractivity contribution in [3.05, 3.63) is 30.0 Å². The van der Waals surface area contributed by atoms with Gasteiger partial charge in [-0.3, -0.25) is 4.98 Å². The van der Waals surface area contributed by atoms with Crippen molar-refractivity contribution >= 4 is 22.3 Å². The van der Waals surface area contributed by atoms with Gasteiger partial charge in [-0.2, -0.15) is 0 Å². The van der Waals surface area contributed by atoms with E-state index in [1.807, 2.05) is 0 Å². The highest BCUT2D eigenvalue weighted by Gasteiger charge is 2.18. The van der Waals surface area contributed by atoms with Crippen LogP contribution in [0, 0.1) is 6.92 Å². The average Bonchev–Trinajstić information content (AvgIpc) is 2.42. The van der Waals surface area contributed by atoms with Gasteiger partial charge >= 0.3 is 0 Å². The first-order valence-corrected chi connectivity index (χ1v) is 7.23. The van der Waals surface area contributed by atoms with E-state index in [4.69, 9.17) is 5.73 Å². The van der Waals surface area contributed by atoms with Crippen molar-refractivity contribution in [2.45, 2.75) is 25.8 Å². The molecule has 20 heavy (non-hydrogen) atoms. The zero-order valence-corrected chi connectivity index (χ0v) is 12.2. The van der Waals surface area contributed by atoms with Gasteiger partial charge in [-0.15, -0.1) is 0 Å². The van der Waals surface area contributed by atoms with Gasteiger partial charge in [-0.1, -0.05) is 11.6 Å². The monoisotopic (exact) mass is 270 g/mol. The van der Waals surface area contributed by atoms with Crippen molar-refractivity contribution in [1.82, 2.24) is 9.88 Å². The standard InChI is InChI=1S/C16H22N4/c1-11-5-6-15-13(8-11)16(14(17)9-18-15)19-12-4-3-7-20(2)10-12/h5-6,8-9,12H,3-4,7,10,17H2,1-2H3,(H,18,19). The van der Waals surface area contributed by atoms with Crippen molar-refractivity contribution in [2.75, 3.05) is 31.2 Å². The second-order valence-electron chi connectivity index (χ2n) is 5.85. The van der Waals surface area contributed by atoms with Gasteiger partial charge in [0.25, 0.3) is 0 Å². The molecule has 4 heteroatoms. The van der Waals surface area contributed by atoms with Crippen LogP contribution in [0.15, 0.2) is 24.4 Å². The Hall–Kier alpha value is -1.81. The number of hydrogen-bond donors (Lipinski definition) is 2. The summed E-state index contributed by atoms with van der Waals surface area (Å²) in [5, 5.41) is 4.77. The minimum atomic E-state index is 0.460. The number of nitrogens with two attached hydrogens (primary N) is 1. The van der Waals surface area contributed by atoms with Gasteiger partial charge in [0.1, 0.15) is 0 Å². The Kier molecular flexibility index (Phi) is 3.49. The van der Waals surface area contributed by atoms with Gasteiger partial charge in [0.2, 0.25) is 0 Å². The number of nitrogens with one attached hydrogen (secondary N) is 1. The summed E-state index contributed by atoms with van der Waals surface area (Å²) in [5.41, 5.74) is 10.2. The van der Waals surface area contributed by atoms with E-state index in [-0.39, 0.29) is 0 Å². The van der Waals surface area contributed by atoms with Crippen LogP contribution in [0.25, 0.3) is 10.9 Å². The lowest BCUT2D eigenvalue weighted by Gasteiger charge is -2.31. The number of hydrogen-bond acceptors (Lipinski definition) is 4. The van der Waals surface area contributed by atoms with E-state index in [0.717, 1.165) is 28.8 Å². The molecule has 1 atom stereocenters. The number of anilines is 2. The van der Waals surface area contributed by atoms with Crippen molar-refractivity contribution in [1.29, 1.82) is 0 Å².